The monoisotopic (exact) mass is 254 g/mol. The van der Waals surface area contributed by atoms with Gasteiger partial charge in [0.15, 0.2) is 0 Å². The first-order chi connectivity index (χ1) is 8.72. The Morgan fingerprint density at radius 3 is 2.50 bits per heavy atom. The Bertz CT molecular complexity index is 705. The van der Waals surface area contributed by atoms with Crippen molar-refractivity contribution >= 4 is 22.6 Å². The highest BCUT2D eigenvalue weighted by atomic mass is 35.5. The predicted molar refractivity (Wildman–Crippen MR) is 74.7 cm³/mol. The molecule has 2 nitrogen and oxygen atoms in total. The SMILES string of the molecule is Cc1ccc(-c2cnc3cc(Cl)ccc3n2)cc1. The van der Waals surface area contributed by atoms with Gasteiger partial charge in [-0.2, -0.15) is 0 Å². The van der Waals surface area contributed by atoms with Crippen molar-refractivity contribution in [2.24, 2.45) is 0 Å². The van der Waals surface area contributed by atoms with Crippen LogP contribution in [0.25, 0.3) is 22.3 Å². The van der Waals surface area contributed by atoms with Crippen LogP contribution in [0.3, 0.4) is 0 Å². The Hall–Kier alpha value is -1.93. The van der Waals surface area contributed by atoms with E-state index in [0.29, 0.717) is 5.02 Å². The molecule has 18 heavy (non-hydrogen) atoms. The average molecular weight is 255 g/mol. The topological polar surface area (TPSA) is 25.8 Å². The highest BCUT2D eigenvalue weighted by Crippen LogP contribution is 2.21. The Morgan fingerprint density at radius 1 is 0.944 bits per heavy atom. The molecular weight excluding hydrogens is 244 g/mol. The van der Waals surface area contributed by atoms with Crippen LogP contribution >= 0.6 is 11.6 Å². The summed E-state index contributed by atoms with van der Waals surface area (Å²) in [6.07, 6.45) is 1.78. The minimum Gasteiger partial charge on any atom is -0.252 e. The number of hydrogen-bond donors (Lipinski definition) is 0. The summed E-state index contributed by atoms with van der Waals surface area (Å²) in [5, 5.41) is 0.680. The summed E-state index contributed by atoms with van der Waals surface area (Å²) in [5.41, 5.74) is 4.87. The van der Waals surface area contributed by atoms with E-state index in [-0.39, 0.29) is 0 Å². The van der Waals surface area contributed by atoms with Gasteiger partial charge in [-0.3, -0.25) is 4.98 Å². The maximum Gasteiger partial charge on any atom is 0.0902 e. The van der Waals surface area contributed by atoms with Crippen LogP contribution in [0.4, 0.5) is 0 Å². The van der Waals surface area contributed by atoms with E-state index in [2.05, 4.69) is 41.2 Å². The van der Waals surface area contributed by atoms with Gasteiger partial charge < -0.3 is 0 Å². The Morgan fingerprint density at radius 2 is 1.72 bits per heavy atom. The molecule has 0 radical (unpaired) electrons. The maximum atomic E-state index is 5.93. The fourth-order valence-electron chi connectivity index (χ4n) is 1.85. The summed E-state index contributed by atoms with van der Waals surface area (Å²) in [7, 11) is 0. The third-order valence-electron chi connectivity index (χ3n) is 2.85. The van der Waals surface area contributed by atoms with E-state index < -0.39 is 0 Å². The Kier molecular flexibility index (Phi) is 2.73. The van der Waals surface area contributed by atoms with Crippen molar-refractivity contribution in [2.75, 3.05) is 0 Å². The second kappa shape index (κ2) is 4.39. The van der Waals surface area contributed by atoms with E-state index in [9.17, 15) is 0 Å². The number of rotatable bonds is 1. The number of nitrogens with zero attached hydrogens (tertiary/aromatic N) is 2. The van der Waals surface area contributed by atoms with Crippen molar-refractivity contribution < 1.29 is 0 Å². The molecule has 2 aromatic carbocycles. The number of hydrogen-bond acceptors (Lipinski definition) is 2. The van der Waals surface area contributed by atoms with Crippen molar-refractivity contribution in [3.8, 4) is 11.3 Å². The summed E-state index contributed by atoms with van der Waals surface area (Å²) in [6.45, 7) is 2.07. The lowest BCUT2D eigenvalue weighted by Crippen LogP contribution is -1.88. The largest absolute Gasteiger partial charge is 0.252 e. The lowest BCUT2D eigenvalue weighted by Gasteiger charge is -2.03. The molecule has 0 unspecified atom stereocenters. The van der Waals surface area contributed by atoms with Gasteiger partial charge in [0.2, 0.25) is 0 Å². The molecule has 0 saturated heterocycles. The first-order valence-corrected chi connectivity index (χ1v) is 6.09. The fraction of sp³-hybridized carbons (Fsp3) is 0.0667. The first kappa shape index (κ1) is 11.2. The lowest BCUT2D eigenvalue weighted by molar-refractivity contribution is 1.29. The highest BCUT2D eigenvalue weighted by Gasteiger charge is 2.03. The van der Waals surface area contributed by atoms with Crippen molar-refractivity contribution in [3.05, 3.63) is 59.2 Å². The van der Waals surface area contributed by atoms with Gasteiger partial charge in [0, 0.05) is 10.6 Å². The van der Waals surface area contributed by atoms with Gasteiger partial charge in [-0.05, 0) is 25.1 Å². The number of benzene rings is 2. The number of fused-ring (bicyclic) bond motifs is 1. The zero-order valence-electron chi connectivity index (χ0n) is 9.89. The molecule has 0 atom stereocenters. The van der Waals surface area contributed by atoms with E-state index in [1.54, 1.807) is 6.20 Å². The molecule has 88 valence electrons. The molecule has 0 N–H and O–H groups in total. The zero-order chi connectivity index (χ0) is 12.5. The molecule has 0 amide bonds. The van der Waals surface area contributed by atoms with Gasteiger partial charge in [-0.15, -0.1) is 0 Å². The summed E-state index contributed by atoms with van der Waals surface area (Å²) in [5.74, 6) is 0. The minimum absolute atomic E-state index is 0.680. The molecule has 1 heterocycles. The molecule has 0 bridgehead atoms. The molecule has 3 heteroatoms. The molecule has 3 aromatic rings. The van der Waals surface area contributed by atoms with Crippen LogP contribution < -0.4 is 0 Å². The number of aromatic nitrogens is 2. The highest BCUT2D eigenvalue weighted by molar-refractivity contribution is 6.31. The van der Waals surface area contributed by atoms with Crippen LogP contribution in [0.5, 0.6) is 0 Å². The van der Waals surface area contributed by atoms with E-state index in [1.807, 2.05) is 18.2 Å². The third kappa shape index (κ3) is 2.07. The van der Waals surface area contributed by atoms with Crippen LogP contribution in [-0.2, 0) is 0 Å². The van der Waals surface area contributed by atoms with Crippen LogP contribution in [0.2, 0.25) is 5.02 Å². The number of halogens is 1. The van der Waals surface area contributed by atoms with Crippen molar-refractivity contribution in [3.63, 3.8) is 0 Å². The summed E-state index contributed by atoms with van der Waals surface area (Å²) in [4.78, 5) is 8.99. The van der Waals surface area contributed by atoms with Gasteiger partial charge in [0.1, 0.15) is 0 Å². The molecule has 0 saturated carbocycles. The van der Waals surface area contributed by atoms with E-state index in [0.717, 1.165) is 22.3 Å². The molecule has 0 fully saturated rings. The maximum absolute atomic E-state index is 5.93. The quantitative estimate of drug-likeness (QED) is 0.648. The van der Waals surface area contributed by atoms with Crippen LogP contribution in [0.1, 0.15) is 5.56 Å². The second-order valence-corrected chi connectivity index (χ2v) is 4.69. The molecule has 3 rings (SSSR count). The smallest absolute Gasteiger partial charge is 0.0902 e. The molecule has 0 aliphatic heterocycles. The van der Waals surface area contributed by atoms with Crippen LogP contribution in [0.15, 0.2) is 48.7 Å². The zero-order valence-corrected chi connectivity index (χ0v) is 10.6. The molecular formula is C15H11ClN2. The summed E-state index contributed by atoms with van der Waals surface area (Å²) >= 11 is 5.93. The van der Waals surface area contributed by atoms with Gasteiger partial charge in [0.05, 0.1) is 22.9 Å². The van der Waals surface area contributed by atoms with Crippen LogP contribution in [0, 0.1) is 6.92 Å². The van der Waals surface area contributed by atoms with Crippen molar-refractivity contribution in [1.82, 2.24) is 9.97 Å². The fourth-order valence-corrected chi connectivity index (χ4v) is 2.01. The molecule has 0 aliphatic carbocycles. The van der Waals surface area contributed by atoms with E-state index >= 15 is 0 Å². The van der Waals surface area contributed by atoms with Crippen molar-refractivity contribution in [1.29, 1.82) is 0 Å². The van der Waals surface area contributed by atoms with Gasteiger partial charge in [0.25, 0.3) is 0 Å². The van der Waals surface area contributed by atoms with Gasteiger partial charge in [-0.25, -0.2) is 4.98 Å². The van der Waals surface area contributed by atoms with Gasteiger partial charge >= 0.3 is 0 Å². The lowest BCUT2D eigenvalue weighted by atomic mass is 10.1. The van der Waals surface area contributed by atoms with E-state index in [1.165, 1.54) is 5.56 Å². The standard InChI is InChI=1S/C15H11ClN2/c1-10-2-4-11(5-3-10)15-9-17-14-8-12(16)6-7-13(14)18-15/h2-9H,1H3. The summed E-state index contributed by atoms with van der Waals surface area (Å²) < 4.78 is 0. The average Bonchev–Trinajstić information content (AvgIpc) is 2.39. The minimum atomic E-state index is 0.680. The molecule has 0 spiro atoms. The second-order valence-electron chi connectivity index (χ2n) is 4.25. The van der Waals surface area contributed by atoms with Gasteiger partial charge in [-0.1, -0.05) is 41.4 Å². The van der Waals surface area contributed by atoms with Crippen LogP contribution in [-0.4, -0.2) is 9.97 Å². The Labute approximate surface area is 110 Å². The summed E-state index contributed by atoms with van der Waals surface area (Å²) in [6, 6.07) is 13.8. The first-order valence-electron chi connectivity index (χ1n) is 5.72. The molecule has 0 aliphatic rings. The van der Waals surface area contributed by atoms with Crippen molar-refractivity contribution in [2.45, 2.75) is 6.92 Å². The third-order valence-corrected chi connectivity index (χ3v) is 3.09. The predicted octanol–water partition coefficient (Wildman–Crippen LogP) is 4.26. The normalized spacial score (nSPS) is 10.8. The number of aryl methyl sites for hydroxylation is 1. The Balaban J connectivity index is 2.13. The molecule has 1 aromatic heterocycles. The van der Waals surface area contributed by atoms with E-state index in [4.69, 9.17) is 11.6 Å².